The van der Waals surface area contributed by atoms with E-state index in [-0.39, 0.29) is 5.41 Å². The smallest absolute Gasteiger partial charge is 0.127 e. The zero-order valence-electron chi connectivity index (χ0n) is 25.0. The first kappa shape index (κ1) is 24.5. The molecule has 218 valence electrons. The molecule has 11 rings (SSSR count). The van der Waals surface area contributed by atoms with Gasteiger partial charge in [-0.3, -0.25) is 0 Å². The van der Waals surface area contributed by atoms with Crippen molar-refractivity contribution in [3.8, 4) is 34.1 Å². The van der Waals surface area contributed by atoms with Crippen LogP contribution < -0.4 is 9.47 Å². The summed E-state index contributed by atoms with van der Waals surface area (Å²) in [5.41, 5.74) is 5.83. The van der Waals surface area contributed by atoms with Crippen LogP contribution in [-0.2, 0) is 5.41 Å². The van der Waals surface area contributed by atoms with Gasteiger partial charge in [-0.2, -0.15) is 0 Å². The van der Waals surface area contributed by atoms with Gasteiger partial charge in [0.15, 0.2) is 0 Å². The number of benzene rings is 4. The molecule has 5 saturated carbocycles. The van der Waals surface area contributed by atoms with Gasteiger partial charge in [0, 0.05) is 5.41 Å². The molecule has 2 nitrogen and oxygen atoms in total. The van der Waals surface area contributed by atoms with Gasteiger partial charge in [0.2, 0.25) is 0 Å². The topological polar surface area (TPSA) is 18.5 Å². The molecule has 0 heterocycles. The lowest BCUT2D eigenvalue weighted by molar-refractivity contribution is 0.102. The first-order valence-electron chi connectivity index (χ1n) is 17.2. The SMILES string of the molecule is C1=CC2CC1C1CC3C4CC(C5CC6(CC54)c4cc(Oc5ccccc5)ccc4-c4ccc(Oc5ccccc5)cc46)C3C21. The molecule has 44 heavy (non-hydrogen) atoms. The number of hydrogen-bond donors (Lipinski definition) is 0. The Kier molecular flexibility index (Phi) is 4.84. The highest BCUT2D eigenvalue weighted by Gasteiger charge is 2.70. The molecule has 0 radical (unpaired) electrons. The average Bonchev–Trinajstić information content (AvgIpc) is 3.90. The van der Waals surface area contributed by atoms with E-state index in [1.165, 1.54) is 54.4 Å². The molecule has 2 heteroatoms. The molecule has 7 aliphatic rings. The third-order valence-corrected chi connectivity index (χ3v) is 13.8. The van der Waals surface area contributed by atoms with E-state index in [2.05, 4.69) is 97.1 Å². The van der Waals surface area contributed by atoms with E-state index in [9.17, 15) is 0 Å². The van der Waals surface area contributed by atoms with Gasteiger partial charge < -0.3 is 9.47 Å². The number of fused-ring (bicyclic) bond motifs is 19. The maximum atomic E-state index is 6.46. The van der Waals surface area contributed by atoms with Crippen LogP contribution in [0.15, 0.2) is 109 Å². The summed E-state index contributed by atoms with van der Waals surface area (Å²) in [6.07, 6.45) is 12.3. The minimum atomic E-state index is 0.0374. The second-order valence-corrected chi connectivity index (χ2v) is 15.3. The third kappa shape index (κ3) is 3.17. The van der Waals surface area contributed by atoms with Crippen LogP contribution in [0.2, 0.25) is 0 Å². The standard InChI is InChI=1S/C42H38O2/c1-3-7-26(8-4-1)43-28-13-15-30-31-16-14-29(44-27-9-5-2-6-10-27)19-39(31)42(38(30)18-28)22-36-33-21-35(37(36)23-42)41-34(33)20-32-24-11-12-25(17-24)40(32)41/h1-16,18-19,24-25,32-37,40-41H,17,20-23H2. The van der Waals surface area contributed by atoms with Gasteiger partial charge in [-0.05, 0) is 162 Å². The van der Waals surface area contributed by atoms with Crippen molar-refractivity contribution in [2.24, 2.45) is 59.2 Å². The summed E-state index contributed by atoms with van der Waals surface area (Å²) < 4.78 is 12.9. The molecular weight excluding hydrogens is 536 g/mol. The zero-order valence-corrected chi connectivity index (χ0v) is 25.0. The Balaban J connectivity index is 1.00. The summed E-state index contributed by atoms with van der Waals surface area (Å²) in [4.78, 5) is 0. The Morgan fingerprint density at radius 2 is 1.00 bits per heavy atom. The molecule has 4 aromatic rings. The minimum Gasteiger partial charge on any atom is -0.457 e. The molecular formula is C42H38O2. The molecule has 0 aromatic heterocycles. The second kappa shape index (κ2) is 8.68. The van der Waals surface area contributed by atoms with E-state index in [4.69, 9.17) is 9.47 Å². The Labute approximate surface area is 260 Å². The number of hydrogen-bond acceptors (Lipinski definition) is 2. The molecule has 10 atom stereocenters. The summed E-state index contributed by atoms with van der Waals surface area (Å²) in [5, 5.41) is 0. The number of ether oxygens (including phenoxy) is 2. The maximum Gasteiger partial charge on any atom is 0.127 e. The summed E-state index contributed by atoms with van der Waals surface area (Å²) in [5.74, 6) is 13.0. The monoisotopic (exact) mass is 574 g/mol. The van der Waals surface area contributed by atoms with Crippen LogP contribution in [0.3, 0.4) is 0 Å². The molecule has 5 fully saturated rings. The third-order valence-electron chi connectivity index (χ3n) is 13.8. The van der Waals surface area contributed by atoms with Crippen molar-refractivity contribution in [1.82, 2.24) is 0 Å². The number of rotatable bonds is 4. The lowest BCUT2D eigenvalue weighted by Crippen LogP contribution is -2.33. The Morgan fingerprint density at radius 1 is 0.455 bits per heavy atom. The van der Waals surface area contributed by atoms with Crippen LogP contribution >= 0.6 is 0 Å². The van der Waals surface area contributed by atoms with Gasteiger partial charge in [-0.15, -0.1) is 0 Å². The van der Waals surface area contributed by atoms with Gasteiger partial charge in [-0.25, -0.2) is 0 Å². The normalized spacial score (nSPS) is 36.7. The van der Waals surface area contributed by atoms with Crippen LogP contribution in [0.1, 0.15) is 43.2 Å². The van der Waals surface area contributed by atoms with Crippen molar-refractivity contribution < 1.29 is 9.47 Å². The highest BCUT2D eigenvalue weighted by Crippen LogP contribution is 2.77. The number of para-hydroxylation sites is 2. The quantitative estimate of drug-likeness (QED) is 0.226. The van der Waals surface area contributed by atoms with E-state index < -0.39 is 0 Å². The van der Waals surface area contributed by atoms with Crippen LogP contribution in [-0.4, -0.2) is 0 Å². The summed E-state index contributed by atoms with van der Waals surface area (Å²) >= 11 is 0. The fourth-order valence-electron chi connectivity index (χ4n) is 12.7. The lowest BCUT2D eigenvalue weighted by atomic mass is 9.67. The number of allylic oxidation sites excluding steroid dienone is 2. The van der Waals surface area contributed by atoms with E-state index in [0.29, 0.717) is 0 Å². The van der Waals surface area contributed by atoms with Gasteiger partial charge >= 0.3 is 0 Å². The fraction of sp³-hybridized carbons (Fsp3) is 0.381. The van der Waals surface area contributed by atoms with Gasteiger partial charge in [0.05, 0.1) is 0 Å². The molecule has 0 saturated heterocycles. The van der Waals surface area contributed by atoms with E-state index in [0.717, 1.165) is 82.2 Å². The van der Waals surface area contributed by atoms with Crippen LogP contribution in [0, 0.1) is 59.2 Å². The highest BCUT2D eigenvalue weighted by atomic mass is 16.5. The molecule has 10 unspecified atom stereocenters. The summed E-state index contributed by atoms with van der Waals surface area (Å²) in [6.45, 7) is 0. The largest absolute Gasteiger partial charge is 0.457 e. The minimum absolute atomic E-state index is 0.0374. The van der Waals surface area contributed by atoms with Crippen LogP contribution in [0.25, 0.3) is 11.1 Å². The van der Waals surface area contributed by atoms with Crippen molar-refractivity contribution in [3.05, 3.63) is 120 Å². The summed E-state index contributed by atoms with van der Waals surface area (Å²) in [7, 11) is 0. The van der Waals surface area contributed by atoms with Gasteiger partial charge in [0.25, 0.3) is 0 Å². The van der Waals surface area contributed by atoms with E-state index >= 15 is 0 Å². The van der Waals surface area contributed by atoms with Crippen LogP contribution in [0.4, 0.5) is 0 Å². The lowest BCUT2D eigenvalue weighted by Gasteiger charge is -2.38. The molecule has 7 aliphatic carbocycles. The average molecular weight is 575 g/mol. The Hall–Kier alpha value is -3.78. The molecule has 1 spiro atoms. The van der Waals surface area contributed by atoms with Crippen molar-refractivity contribution in [1.29, 1.82) is 0 Å². The van der Waals surface area contributed by atoms with E-state index in [1.807, 2.05) is 12.1 Å². The van der Waals surface area contributed by atoms with E-state index in [1.54, 1.807) is 0 Å². The van der Waals surface area contributed by atoms with Crippen LogP contribution in [0.5, 0.6) is 23.0 Å². The fourth-order valence-corrected chi connectivity index (χ4v) is 12.7. The second-order valence-electron chi connectivity index (χ2n) is 15.3. The molecule has 0 amide bonds. The molecule has 4 aromatic carbocycles. The van der Waals surface area contributed by atoms with Crippen molar-refractivity contribution >= 4 is 0 Å². The molecule has 0 N–H and O–H groups in total. The molecule has 4 bridgehead atoms. The predicted molar refractivity (Wildman–Crippen MR) is 173 cm³/mol. The van der Waals surface area contributed by atoms with Gasteiger partial charge in [-0.1, -0.05) is 60.7 Å². The van der Waals surface area contributed by atoms with Crippen molar-refractivity contribution in [2.45, 2.75) is 37.5 Å². The summed E-state index contributed by atoms with van der Waals surface area (Å²) in [6, 6.07) is 34.4. The maximum absolute atomic E-state index is 6.46. The Morgan fingerprint density at radius 3 is 1.64 bits per heavy atom. The van der Waals surface area contributed by atoms with Crippen molar-refractivity contribution in [2.75, 3.05) is 0 Å². The Bertz CT molecular complexity index is 1730. The predicted octanol–water partition coefficient (Wildman–Crippen LogP) is 10.3. The first-order valence-corrected chi connectivity index (χ1v) is 17.2. The molecule has 0 aliphatic heterocycles. The zero-order chi connectivity index (χ0) is 28.6. The first-order chi connectivity index (χ1) is 21.7. The van der Waals surface area contributed by atoms with Gasteiger partial charge in [0.1, 0.15) is 23.0 Å². The van der Waals surface area contributed by atoms with Crippen molar-refractivity contribution in [3.63, 3.8) is 0 Å². The highest BCUT2D eigenvalue weighted by molar-refractivity contribution is 5.83.